The van der Waals surface area contributed by atoms with Crippen LogP contribution in [-0.2, 0) is 9.59 Å². The van der Waals surface area contributed by atoms with Crippen molar-refractivity contribution in [3.05, 3.63) is 98.5 Å². The second kappa shape index (κ2) is 13.0. The van der Waals surface area contributed by atoms with Gasteiger partial charge in [0.15, 0.2) is 5.78 Å². The third-order valence-electron chi connectivity index (χ3n) is 7.28. The zero-order valence-corrected chi connectivity index (χ0v) is 27.4. The molecule has 3 aromatic carbocycles. The number of nitrogens with zero attached hydrogens (tertiary/aromatic N) is 3. The molecular weight excluding hydrogens is 662 g/mol. The largest absolute Gasteiger partial charge is 0.487 e. The lowest BCUT2D eigenvalue weighted by Gasteiger charge is -2.36. The van der Waals surface area contributed by atoms with E-state index in [9.17, 15) is 19.2 Å². The van der Waals surface area contributed by atoms with Gasteiger partial charge in [0.25, 0.3) is 0 Å². The van der Waals surface area contributed by atoms with Crippen LogP contribution in [0.1, 0.15) is 66.3 Å². The van der Waals surface area contributed by atoms with Crippen LogP contribution in [0, 0.1) is 0 Å². The lowest BCUT2D eigenvalue weighted by atomic mass is 9.93. The third kappa shape index (κ3) is 7.37. The van der Waals surface area contributed by atoms with E-state index in [1.807, 2.05) is 57.2 Å². The van der Waals surface area contributed by atoms with Crippen molar-refractivity contribution >= 4 is 57.0 Å². The Kier molecular flexibility index (Phi) is 9.31. The Hall–Kier alpha value is -4.22. The molecule has 2 aliphatic rings. The highest BCUT2D eigenvalue weighted by Gasteiger charge is 2.45. The summed E-state index contributed by atoms with van der Waals surface area (Å²) in [6, 6.07) is 18.1. The van der Waals surface area contributed by atoms with Crippen LogP contribution in [0.3, 0.4) is 0 Å². The first-order chi connectivity index (χ1) is 21.3. The molecule has 5 rings (SSSR count). The number of primary amides is 1. The number of halogens is 2. The Labute approximate surface area is 274 Å². The first-order valence-corrected chi connectivity index (χ1v) is 15.6. The molecule has 2 heterocycles. The van der Waals surface area contributed by atoms with Crippen LogP contribution >= 0.6 is 27.5 Å². The van der Waals surface area contributed by atoms with Crippen molar-refractivity contribution in [1.29, 1.82) is 0 Å². The van der Waals surface area contributed by atoms with Crippen LogP contribution in [0.25, 0.3) is 0 Å². The minimum atomic E-state index is -0.744. The summed E-state index contributed by atoms with van der Waals surface area (Å²) in [5, 5.41) is 3.26. The molecule has 0 unspecified atom stereocenters. The Balaban J connectivity index is 1.73. The molecule has 2 atom stereocenters. The van der Waals surface area contributed by atoms with E-state index in [0.717, 1.165) is 15.6 Å². The van der Waals surface area contributed by atoms with E-state index < -0.39 is 41.8 Å². The summed E-state index contributed by atoms with van der Waals surface area (Å²) >= 11 is 9.97. The van der Waals surface area contributed by atoms with Crippen LogP contribution < -0.4 is 15.8 Å². The van der Waals surface area contributed by atoms with E-state index in [2.05, 4.69) is 21.2 Å². The molecule has 0 bridgehead atoms. The number of benzene rings is 3. The van der Waals surface area contributed by atoms with Crippen LogP contribution in [0.5, 0.6) is 5.75 Å². The van der Waals surface area contributed by atoms with Gasteiger partial charge in [-0.2, -0.15) is 0 Å². The van der Waals surface area contributed by atoms with Crippen LogP contribution in [0.4, 0.5) is 4.79 Å². The molecule has 0 aliphatic carbocycles. The number of hydrogen-bond donors (Lipinski definition) is 2. The molecule has 1 fully saturated rings. The van der Waals surface area contributed by atoms with E-state index in [1.165, 1.54) is 4.90 Å². The maximum Gasteiger partial charge on any atom is 0.326 e. The molecule has 45 heavy (non-hydrogen) atoms. The van der Waals surface area contributed by atoms with E-state index in [-0.39, 0.29) is 18.0 Å². The van der Waals surface area contributed by atoms with Gasteiger partial charge in [0.05, 0.1) is 18.0 Å². The van der Waals surface area contributed by atoms with E-state index >= 15 is 0 Å². The number of ketones is 1. The Morgan fingerprint density at radius 3 is 2.44 bits per heavy atom. The van der Waals surface area contributed by atoms with Gasteiger partial charge in [-0.15, -0.1) is 0 Å². The lowest BCUT2D eigenvalue weighted by Crippen LogP contribution is -2.55. The van der Waals surface area contributed by atoms with Gasteiger partial charge in [0.2, 0.25) is 11.8 Å². The standard InChI is InChI=1S/C33H33BrClN5O5/c1-33(2,3)45-26-16-20(25(41)17-27(36)42)9-12-24(26)31-38-29(19-7-10-22(34)11-8-19)30(21-5-4-6-23(35)15-21)40(31)32(44)39-14-13-37-28(43)18-39/h4-12,15-16,29-30H,13-14,17-18H2,1-3H3,(H2,36,42)(H,37,43)/t29-,30+/m0/s1. The predicted octanol–water partition coefficient (Wildman–Crippen LogP) is 5.43. The summed E-state index contributed by atoms with van der Waals surface area (Å²) in [5.74, 6) is -0.862. The normalized spacial score (nSPS) is 18.3. The fourth-order valence-corrected chi connectivity index (χ4v) is 5.86. The number of urea groups is 1. The number of hydrogen-bond acceptors (Lipinski definition) is 6. The molecule has 1 saturated heterocycles. The highest BCUT2D eigenvalue weighted by atomic mass is 79.9. The second-order valence-corrected chi connectivity index (χ2v) is 13.2. The van der Waals surface area contributed by atoms with Crippen molar-refractivity contribution in [3.63, 3.8) is 0 Å². The fourth-order valence-electron chi connectivity index (χ4n) is 5.39. The number of rotatable bonds is 7. The predicted molar refractivity (Wildman–Crippen MR) is 174 cm³/mol. The zero-order chi connectivity index (χ0) is 32.5. The van der Waals surface area contributed by atoms with Gasteiger partial charge in [-0.05, 0) is 68.3 Å². The number of amidine groups is 1. The van der Waals surface area contributed by atoms with Gasteiger partial charge < -0.3 is 20.7 Å². The maximum atomic E-state index is 14.5. The Morgan fingerprint density at radius 2 is 1.80 bits per heavy atom. The Morgan fingerprint density at radius 1 is 1.07 bits per heavy atom. The van der Waals surface area contributed by atoms with Crippen molar-refractivity contribution < 1.29 is 23.9 Å². The molecule has 10 nitrogen and oxygen atoms in total. The fraction of sp³-hybridized carbons (Fsp3) is 0.303. The molecule has 0 radical (unpaired) electrons. The topological polar surface area (TPSA) is 134 Å². The van der Waals surface area contributed by atoms with Gasteiger partial charge in [-0.25, -0.2) is 4.79 Å². The third-order valence-corrected chi connectivity index (χ3v) is 8.04. The molecule has 12 heteroatoms. The molecule has 0 saturated carbocycles. The quantitative estimate of drug-likeness (QED) is 0.251. The molecule has 3 N–H and O–H groups in total. The van der Waals surface area contributed by atoms with Gasteiger partial charge >= 0.3 is 6.03 Å². The lowest BCUT2D eigenvalue weighted by molar-refractivity contribution is -0.123. The molecule has 0 aromatic heterocycles. The number of ether oxygens (including phenoxy) is 1. The van der Waals surface area contributed by atoms with Crippen molar-refractivity contribution in [2.24, 2.45) is 10.7 Å². The molecule has 2 aliphatic heterocycles. The highest BCUT2D eigenvalue weighted by molar-refractivity contribution is 9.10. The number of carbonyl (C=O) groups is 4. The van der Waals surface area contributed by atoms with Crippen LogP contribution in [0.15, 0.2) is 76.2 Å². The summed E-state index contributed by atoms with van der Waals surface area (Å²) in [7, 11) is 0. The van der Waals surface area contributed by atoms with Crippen molar-refractivity contribution in [2.45, 2.75) is 44.9 Å². The number of amides is 4. The number of piperazine rings is 1. The summed E-state index contributed by atoms with van der Waals surface area (Å²) in [6.45, 7) is 6.10. The van der Waals surface area contributed by atoms with Crippen LogP contribution in [0.2, 0.25) is 5.02 Å². The van der Waals surface area contributed by atoms with Crippen molar-refractivity contribution in [3.8, 4) is 5.75 Å². The maximum absolute atomic E-state index is 14.5. The Bertz CT molecular complexity index is 1690. The summed E-state index contributed by atoms with van der Waals surface area (Å²) in [5.41, 5.74) is 6.88. The number of aliphatic imine (C=N–C) groups is 1. The number of carbonyl (C=O) groups excluding carboxylic acids is 4. The SMILES string of the molecule is CC(C)(C)Oc1cc(C(=O)CC(N)=O)ccc1C1=N[C@@H](c2ccc(Br)cc2)[C@@H](c2cccc(Cl)c2)N1C(=O)N1CCNC(=O)C1. The summed E-state index contributed by atoms with van der Waals surface area (Å²) in [6.07, 6.45) is -0.459. The first kappa shape index (κ1) is 32.2. The monoisotopic (exact) mass is 693 g/mol. The smallest absolute Gasteiger partial charge is 0.326 e. The molecular formula is C33H33BrClN5O5. The zero-order valence-electron chi connectivity index (χ0n) is 25.1. The van der Waals surface area contributed by atoms with Crippen molar-refractivity contribution in [1.82, 2.24) is 15.1 Å². The number of nitrogens with one attached hydrogen (secondary N) is 1. The average Bonchev–Trinajstić information content (AvgIpc) is 3.36. The van der Waals surface area contributed by atoms with Gasteiger partial charge in [-0.3, -0.25) is 24.3 Å². The average molecular weight is 695 g/mol. The molecule has 4 amide bonds. The van der Waals surface area contributed by atoms with E-state index in [4.69, 9.17) is 27.1 Å². The molecule has 3 aromatic rings. The number of Topliss-reactive ketones (excluding diaryl/α,β-unsaturated/α-hetero) is 1. The first-order valence-electron chi connectivity index (χ1n) is 14.4. The summed E-state index contributed by atoms with van der Waals surface area (Å²) < 4.78 is 7.24. The van der Waals surface area contributed by atoms with E-state index in [1.54, 1.807) is 35.2 Å². The van der Waals surface area contributed by atoms with Gasteiger partial charge in [0, 0.05) is 28.1 Å². The number of nitrogens with two attached hydrogens (primary N) is 1. The van der Waals surface area contributed by atoms with Crippen LogP contribution in [-0.4, -0.2) is 64.5 Å². The highest BCUT2D eigenvalue weighted by Crippen LogP contribution is 2.46. The second-order valence-electron chi connectivity index (χ2n) is 11.9. The molecule has 234 valence electrons. The summed E-state index contributed by atoms with van der Waals surface area (Å²) in [4.78, 5) is 59.5. The van der Waals surface area contributed by atoms with Crippen molar-refractivity contribution in [2.75, 3.05) is 19.6 Å². The van der Waals surface area contributed by atoms with Gasteiger partial charge in [-0.1, -0.05) is 57.9 Å². The molecule has 0 spiro atoms. The minimum Gasteiger partial charge on any atom is -0.487 e. The van der Waals surface area contributed by atoms with Gasteiger partial charge in [0.1, 0.15) is 29.8 Å². The minimum absolute atomic E-state index is 0.111. The van der Waals surface area contributed by atoms with E-state index in [0.29, 0.717) is 35.3 Å².